The van der Waals surface area contributed by atoms with E-state index in [1.807, 2.05) is 0 Å². The number of aromatic nitrogens is 1. The molecule has 18 heavy (non-hydrogen) atoms. The quantitative estimate of drug-likeness (QED) is 0.857. The van der Waals surface area contributed by atoms with Crippen LogP contribution in [0, 0.1) is 11.8 Å². The fourth-order valence-corrected chi connectivity index (χ4v) is 2.93. The first-order valence-electron chi connectivity index (χ1n) is 6.68. The van der Waals surface area contributed by atoms with Crippen molar-refractivity contribution in [1.82, 2.24) is 4.98 Å². The first-order valence-corrected chi connectivity index (χ1v) is 6.68. The van der Waals surface area contributed by atoms with Crippen molar-refractivity contribution in [3.8, 4) is 0 Å². The molecule has 2 saturated carbocycles. The van der Waals surface area contributed by atoms with E-state index in [9.17, 15) is 4.79 Å². The van der Waals surface area contributed by atoms with Crippen molar-refractivity contribution in [2.24, 2.45) is 11.8 Å². The largest absolute Gasteiger partial charge is 0.478 e. The Labute approximate surface area is 106 Å². The van der Waals surface area contributed by atoms with Crippen LogP contribution < -0.4 is 5.32 Å². The topological polar surface area (TPSA) is 62.2 Å². The van der Waals surface area contributed by atoms with Crippen LogP contribution in [0.2, 0.25) is 0 Å². The summed E-state index contributed by atoms with van der Waals surface area (Å²) in [5.74, 6) is 1.63. The summed E-state index contributed by atoms with van der Waals surface area (Å²) < 4.78 is 0. The van der Waals surface area contributed by atoms with Crippen LogP contribution in [0.15, 0.2) is 18.3 Å². The van der Waals surface area contributed by atoms with Crippen LogP contribution in [0.25, 0.3) is 0 Å². The van der Waals surface area contributed by atoms with E-state index in [4.69, 9.17) is 5.11 Å². The predicted molar refractivity (Wildman–Crippen MR) is 68.7 cm³/mol. The van der Waals surface area contributed by atoms with Gasteiger partial charge in [0, 0.05) is 12.2 Å². The van der Waals surface area contributed by atoms with Gasteiger partial charge >= 0.3 is 5.97 Å². The zero-order valence-corrected chi connectivity index (χ0v) is 10.3. The Balaban J connectivity index is 1.54. The molecule has 0 radical (unpaired) electrons. The van der Waals surface area contributed by atoms with E-state index in [1.54, 1.807) is 12.3 Å². The summed E-state index contributed by atoms with van der Waals surface area (Å²) in [4.78, 5) is 15.0. The molecule has 0 spiro atoms. The number of aromatic carboxylic acids is 1. The van der Waals surface area contributed by atoms with Gasteiger partial charge in [-0.3, -0.25) is 0 Å². The molecule has 0 amide bonds. The molecule has 4 heteroatoms. The van der Waals surface area contributed by atoms with E-state index in [0.29, 0.717) is 17.4 Å². The zero-order chi connectivity index (χ0) is 12.5. The molecule has 96 valence electrons. The molecule has 0 atom stereocenters. The molecule has 2 aliphatic rings. The van der Waals surface area contributed by atoms with Crippen molar-refractivity contribution in [2.75, 3.05) is 5.32 Å². The fraction of sp³-hybridized carbons (Fsp3) is 0.571. The van der Waals surface area contributed by atoms with Crippen molar-refractivity contribution < 1.29 is 9.90 Å². The van der Waals surface area contributed by atoms with Crippen molar-refractivity contribution in [3.63, 3.8) is 0 Å². The van der Waals surface area contributed by atoms with Gasteiger partial charge in [-0.05, 0) is 36.8 Å². The first kappa shape index (κ1) is 11.5. The molecule has 1 aromatic rings. The minimum Gasteiger partial charge on any atom is -0.478 e. The smallest absolute Gasteiger partial charge is 0.335 e. The second-order valence-electron chi connectivity index (χ2n) is 5.50. The molecular formula is C14H18N2O2. The van der Waals surface area contributed by atoms with Gasteiger partial charge in [0.15, 0.2) is 0 Å². The fourth-order valence-electron chi connectivity index (χ4n) is 2.93. The lowest BCUT2D eigenvalue weighted by atomic mass is 9.65. The Morgan fingerprint density at radius 1 is 1.33 bits per heavy atom. The minimum atomic E-state index is -0.901. The lowest BCUT2D eigenvalue weighted by Gasteiger charge is -2.44. The molecule has 3 rings (SSSR count). The minimum absolute atomic E-state index is 0.294. The third-order valence-corrected chi connectivity index (χ3v) is 4.35. The van der Waals surface area contributed by atoms with Gasteiger partial charge in [0.1, 0.15) is 5.82 Å². The molecule has 2 fully saturated rings. The van der Waals surface area contributed by atoms with E-state index in [1.165, 1.54) is 38.2 Å². The molecule has 1 heterocycles. The number of hydrogen-bond acceptors (Lipinski definition) is 3. The van der Waals surface area contributed by atoms with Gasteiger partial charge in [0.05, 0.1) is 5.56 Å². The highest BCUT2D eigenvalue weighted by molar-refractivity contribution is 5.88. The molecule has 4 nitrogen and oxygen atoms in total. The van der Waals surface area contributed by atoms with Crippen LogP contribution in [0.1, 0.15) is 42.5 Å². The second-order valence-corrected chi connectivity index (χ2v) is 5.50. The summed E-state index contributed by atoms with van der Waals surface area (Å²) in [7, 11) is 0. The molecule has 0 aromatic carbocycles. The highest BCUT2D eigenvalue weighted by Crippen LogP contribution is 2.44. The summed E-state index contributed by atoms with van der Waals surface area (Å²) in [6.45, 7) is 0. The van der Waals surface area contributed by atoms with E-state index in [-0.39, 0.29) is 0 Å². The van der Waals surface area contributed by atoms with Crippen LogP contribution >= 0.6 is 0 Å². The molecular weight excluding hydrogens is 228 g/mol. The number of nitrogens with one attached hydrogen (secondary N) is 1. The van der Waals surface area contributed by atoms with Crippen molar-refractivity contribution in [3.05, 3.63) is 23.9 Å². The van der Waals surface area contributed by atoms with E-state index < -0.39 is 5.97 Å². The zero-order valence-electron chi connectivity index (χ0n) is 10.3. The number of hydrogen-bond donors (Lipinski definition) is 2. The molecule has 1 aromatic heterocycles. The van der Waals surface area contributed by atoms with E-state index in [0.717, 1.165) is 11.8 Å². The van der Waals surface area contributed by atoms with Crippen LogP contribution in [0.5, 0.6) is 0 Å². The number of carboxylic acids is 1. The summed E-state index contributed by atoms with van der Waals surface area (Å²) in [6.07, 6.45) is 8.19. The van der Waals surface area contributed by atoms with Gasteiger partial charge in [0.25, 0.3) is 0 Å². The predicted octanol–water partition coefficient (Wildman–Crippen LogP) is 2.77. The number of carbonyl (C=O) groups is 1. The first-order chi connectivity index (χ1) is 8.72. The van der Waals surface area contributed by atoms with Gasteiger partial charge < -0.3 is 10.4 Å². The van der Waals surface area contributed by atoms with Crippen LogP contribution in [-0.2, 0) is 0 Å². The molecule has 2 aliphatic carbocycles. The number of anilines is 1. The highest BCUT2D eigenvalue weighted by Gasteiger charge is 2.37. The maximum absolute atomic E-state index is 10.9. The third-order valence-electron chi connectivity index (χ3n) is 4.35. The third kappa shape index (κ3) is 2.19. The van der Waals surface area contributed by atoms with E-state index in [2.05, 4.69) is 10.3 Å². The van der Waals surface area contributed by atoms with Gasteiger partial charge in [-0.2, -0.15) is 0 Å². The molecule has 0 saturated heterocycles. The Morgan fingerprint density at radius 3 is 2.72 bits per heavy atom. The van der Waals surface area contributed by atoms with Gasteiger partial charge in [-0.25, -0.2) is 9.78 Å². The molecule has 0 aliphatic heterocycles. The van der Waals surface area contributed by atoms with Crippen LogP contribution in [0.3, 0.4) is 0 Å². The SMILES string of the molecule is O=C(O)c1ccnc(NC2CC(C3CCC3)C2)c1. The molecule has 2 N–H and O–H groups in total. The highest BCUT2D eigenvalue weighted by atomic mass is 16.4. The summed E-state index contributed by atoms with van der Waals surface area (Å²) in [5.41, 5.74) is 0.294. The number of pyridine rings is 1. The second kappa shape index (κ2) is 4.59. The maximum atomic E-state index is 10.9. The van der Waals surface area contributed by atoms with Crippen LogP contribution in [-0.4, -0.2) is 22.1 Å². The lowest BCUT2D eigenvalue weighted by molar-refractivity contribution is 0.0696. The van der Waals surface area contributed by atoms with Crippen molar-refractivity contribution in [1.29, 1.82) is 0 Å². The number of carboxylic acid groups (broad SMARTS) is 1. The summed E-state index contributed by atoms with van der Waals surface area (Å²) >= 11 is 0. The van der Waals surface area contributed by atoms with Crippen LogP contribution in [0.4, 0.5) is 5.82 Å². The van der Waals surface area contributed by atoms with Gasteiger partial charge in [0.2, 0.25) is 0 Å². The summed E-state index contributed by atoms with van der Waals surface area (Å²) in [6, 6.07) is 3.61. The van der Waals surface area contributed by atoms with Gasteiger partial charge in [-0.15, -0.1) is 0 Å². The monoisotopic (exact) mass is 246 g/mol. The Kier molecular flexibility index (Phi) is 2.94. The Bertz CT molecular complexity index is 451. The Hall–Kier alpha value is -1.58. The standard InChI is InChI=1S/C14H18N2O2/c17-14(18)10-4-5-15-13(8-10)16-12-6-11(7-12)9-2-1-3-9/h4-5,8-9,11-12H,1-3,6-7H2,(H,15,16)(H,17,18). The average molecular weight is 246 g/mol. The van der Waals surface area contributed by atoms with Crippen molar-refractivity contribution in [2.45, 2.75) is 38.1 Å². The number of nitrogens with zero attached hydrogens (tertiary/aromatic N) is 1. The normalized spacial score (nSPS) is 27.1. The average Bonchev–Trinajstić information content (AvgIpc) is 2.24. The molecule has 0 bridgehead atoms. The maximum Gasteiger partial charge on any atom is 0.335 e. The number of rotatable bonds is 4. The Morgan fingerprint density at radius 2 is 2.11 bits per heavy atom. The summed E-state index contributed by atoms with van der Waals surface area (Å²) in [5, 5.41) is 12.2. The van der Waals surface area contributed by atoms with E-state index >= 15 is 0 Å². The lowest BCUT2D eigenvalue weighted by Crippen LogP contribution is -2.41. The van der Waals surface area contributed by atoms with Gasteiger partial charge in [-0.1, -0.05) is 19.3 Å². The molecule has 0 unspecified atom stereocenters. The van der Waals surface area contributed by atoms with Crippen molar-refractivity contribution >= 4 is 11.8 Å².